The molecule has 0 fully saturated rings. The predicted molar refractivity (Wildman–Crippen MR) is 79.6 cm³/mol. The normalized spacial score (nSPS) is 11.1. The number of alkyl halides is 3. The summed E-state index contributed by atoms with van der Waals surface area (Å²) in [5, 5.41) is 2.65. The fourth-order valence-corrected chi connectivity index (χ4v) is 2.05. The third-order valence-electron chi connectivity index (χ3n) is 3.05. The molecule has 0 atom stereocenters. The number of hydrogen-bond acceptors (Lipinski definition) is 2. The van der Waals surface area contributed by atoms with Gasteiger partial charge in [-0.25, -0.2) is 0 Å². The maximum Gasteiger partial charge on any atom is 0.417 e. The molecule has 1 amide bonds. The summed E-state index contributed by atoms with van der Waals surface area (Å²) in [5.74, 6) is -1.39. The van der Waals surface area contributed by atoms with Gasteiger partial charge in [-0.05, 0) is 36.4 Å². The molecule has 0 saturated carbocycles. The summed E-state index contributed by atoms with van der Waals surface area (Å²) >= 11 is 5.70. The van der Waals surface area contributed by atoms with Crippen LogP contribution in [0, 0.1) is 0 Å². The molecule has 0 saturated heterocycles. The van der Waals surface area contributed by atoms with E-state index in [0.29, 0.717) is 10.6 Å². The van der Waals surface area contributed by atoms with Crippen molar-refractivity contribution < 1.29 is 22.8 Å². The molecule has 120 valence electrons. The van der Waals surface area contributed by atoms with Crippen molar-refractivity contribution >= 4 is 23.3 Å². The Labute approximate surface area is 135 Å². The monoisotopic (exact) mass is 341 g/mol. The highest BCUT2D eigenvalue weighted by Crippen LogP contribution is 2.31. The van der Waals surface area contributed by atoms with E-state index < -0.39 is 35.5 Å². The molecule has 0 aliphatic rings. The summed E-state index contributed by atoms with van der Waals surface area (Å²) < 4.78 is 38.6. The molecule has 2 aromatic rings. The minimum Gasteiger partial charge on any atom is -0.345 e. The Hall–Kier alpha value is -2.34. The van der Waals surface area contributed by atoms with Crippen LogP contribution in [-0.2, 0) is 6.18 Å². The van der Waals surface area contributed by atoms with E-state index in [9.17, 15) is 22.8 Å². The predicted octanol–water partition coefficient (Wildman–Crippen LogP) is 3.97. The number of amides is 1. The van der Waals surface area contributed by atoms with Crippen LogP contribution < -0.4 is 5.32 Å². The highest BCUT2D eigenvalue weighted by atomic mass is 35.5. The van der Waals surface area contributed by atoms with Gasteiger partial charge < -0.3 is 5.32 Å². The SMILES string of the molecule is O=C(CNC(=O)c1ccccc1C(F)(F)F)c1ccc(Cl)cc1. The quantitative estimate of drug-likeness (QED) is 0.855. The largest absolute Gasteiger partial charge is 0.417 e. The Morgan fingerprint density at radius 1 is 1.00 bits per heavy atom. The molecule has 0 spiro atoms. The first-order valence-electron chi connectivity index (χ1n) is 6.52. The van der Waals surface area contributed by atoms with Crippen molar-refractivity contribution in [2.24, 2.45) is 0 Å². The first-order chi connectivity index (χ1) is 10.8. The van der Waals surface area contributed by atoms with E-state index in [1.54, 1.807) is 0 Å². The lowest BCUT2D eigenvalue weighted by Gasteiger charge is -2.12. The van der Waals surface area contributed by atoms with Crippen molar-refractivity contribution in [3.05, 3.63) is 70.2 Å². The molecule has 1 N–H and O–H groups in total. The molecule has 0 aliphatic heterocycles. The highest BCUT2D eigenvalue weighted by Gasteiger charge is 2.34. The lowest BCUT2D eigenvalue weighted by atomic mass is 10.1. The van der Waals surface area contributed by atoms with Crippen LogP contribution in [0.15, 0.2) is 48.5 Å². The first kappa shape index (κ1) is 17.0. The minimum absolute atomic E-state index is 0.304. The fraction of sp³-hybridized carbons (Fsp3) is 0.125. The summed E-state index contributed by atoms with van der Waals surface area (Å²) in [4.78, 5) is 23.8. The Morgan fingerprint density at radius 3 is 2.22 bits per heavy atom. The summed E-state index contributed by atoms with van der Waals surface area (Å²) in [6.45, 7) is -0.410. The number of ketones is 1. The Morgan fingerprint density at radius 2 is 1.61 bits per heavy atom. The van der Waals surface area contributed by atoms with E-state index in [-0.39, 0.29) is 0 Å². The van der Waals surface area contributed by atoms with Crippen molar-refractivity contribution in [1.29, 1.82) is 0 Å². The second kappa shape index (κ2) is 6.83. The van der Waals surface area contributed by atoms with E-state index in [0.717, 1.165) is 12.1 Å². The second-order valence-electron chi connectivity index (χ2n) is 4.66. The molecule has 0 heterocycles. The van der Waals surface area contributed by atoms with Crippen LogP contribution >= 0.6 is 11.6 Å². The zero-order valence-corrected chi connectivity index (χ0v) is 12.4. The number of carbonyl (C=O) groups is 2. The Bertz CT molecular complexity index is 727. The van der Waals surface area contributed by atoms with Gasteiger partial charge >= 0.3 is 6.18 Å². The lowest BCUT2D eigenvalue weighted by molar-refractivity contribution is -0.137. The van der Waals surface area contributed by atoms with Crippen molar-refractivity contribution in [3.63, 3.8) is 0 Å². The molecule has 2 aromatic carbocycles. The zero-order chi connectivity index (χ0) is 17.0. The number of hydrogen-bond donors (Lipinski definition) is 1. The second-order valence-corrected chi connectivity index (χ2v) is 5.09. The van der Waals surface area contributed by atoms with Gasteiger partial charge in [0.2, 0.25) is 0 Å². The summed E-state index contributed by atoms with van der Waals surface area (Å²) in [5.41, 5.74) is -1.26. The number of halogens is 4. The smallest absolute Gasteiger partial charge is 0.345 e. The third kappa shape index (κ3) is 4.32. The number of carbonyl (C=O) groups excluding carboxylic acids is 2. The number of benzene rings is 2. The Kier molecular flexibility index (Phi) is 5.05. The van der Waals surface area contributed by atoms with Crippen molar-refractivity contribution in [2.45, 2.75) is 6.18 Å². The van der Waals surface area contributed by atoms with Gasteiger partial charge in [-0.3, -0.25) is 9.59 Å². The molecule has 0 aliphatic carbocycles. The maximum absolute atomic E-state index is 12.9. The maximum atomic E-state index is 12.9. The fourth-order valence-electron chi connectivity index (χ4n) is 1.92. The van der Waals surface area contributed by atoms with Crippen LogP contribution in [0.4, 0.5) is 13.2 Å². The molecule has 23 heavy (non-hydrogen) atoms. The number of nitrogens with one attached hydrogen (secondary N) is 1. The van der Waals surface area contributed by atoms with Gasteiger partial charge in [0, 0.05) is 10.6 Å². The van der Waals surface area contributed by atoms with Gasteiger partial charge in [-0.1, -0.05) is 23.7 Å². The van der Waals surface area contributed by atoms with E-state index in [1.807, 2.05) is 0 Å². The molecule has 0 bridgehead atoms. The molecule has 0 aromatic heterocycles. The first-order valence-corrected chi connectivity index (χ1v) is 6.90. The van der Waals surface area contributed by atoms with Crippen LogP contribution in [0.1, 0.15) is 26.3 Å². The molecule has 3 nitrogen and oxygen atoms in total. The van der Waals surface area contributed by atoms with Gasteiger partial charge in [0.1, 0.15) is 0 Å². The topological polar surface area (TPSA) is 46.2 Å². The molecule has 7 heteroatoms. The zero-order valence-electron chi connectivity index (χ0n) is 11.7. The summed E-state index contributed by atoms with van der Waals surface area (Å²) in [6, 6.07) is 10.4. The Balaban J connectivity index is 2.09. The highest BCUT2D eigenvalue weighted by molar-refractivity contribution is 6.30. The van der Waals surface area contributed by atoms with Crippen LogP contribution in [-0.4, -0.2) is 18.2 Å². The standard InChI is InChI=1S/C16H11ClF3NO2/c17-11-7-5-10(6-8-11)14(22)9-21-15(23)12-3-1-2-4-13(12)16(18,19)20/h1-8H,9H2,(H,21,23). The van der Waals surface area contributed by atoms with E-state index in [4.69, 9.17) is 11.6 Å². The number of rotatable bonds is 4. The number of Topliss-reactive ketones (excluding diaryl/α,β-unsaturated/α-hetero) is 1. The van der Waals surface area contributed by atoms with Gasteiger partial charge in [-0.2, -0.15) is 13.2 Å². The van der Waals surface area contributed by atoms with Crippen molar-refractivity contribution in [1.82, 2.24) is 5.32 Å². The van der Waals surface area contributed by atoms with Gasteiger partial charge in [0.05, 0.1) is 17.7 Å². The molecule has 0 radical (unpaired) electrons. The minimum atomic E-state index is -4.64. The van der Waals surface area contributed by atoms with Crippen LogP contribution in [0.3, 0.4) is 0 Å². The summed E-state index contributed by atoms with van der Waals surface area (Å²) in [6.07, 6.45) is -4.64. The lowest BCUT2D eigenvalue weighted by Crippen LogP contribution is -2.31. The van der Waals surface area contributed by atoms with Gasteiger partial charge in [0.25, 0.3) is 5.91 Å². The van der Waals surface area contributed by atoms with Gasteiger partial charge in [0.15, 0.2) is 5.78 Å². The van der Waals surface area contributed by atoms with E-state index >= 15 is 0 Å². The van der Waals surface area contributed by atoms with Gasteiger partial charge in [-0.15, -0.1) is 0 Å². The van der Waals surface area contributed by atoms with Crippen LogP contribution in [0.25, 0.3) is 0 Å². The average molecular weight is 342 g/mol. The van der Waals surface area contributed by atoms with E-state index in [2.05, 4.69) is 5.32 Å². The molecular formula is C16H11ClF3NO2. The van der Waals surface area contributed by atoms with E-state index in [1.165, 1.54) is 36.4 Å². The van der Waals surface area contributed by atoms with Crippen LogP contribution in [0.2, 0.25) is 5.02 Å². The van der Waals surface area contributed by atoms with Crippen LogP contribution in [0.5, 0.6) is 0 Å². The van der Waals surface area contributed by atoms with Crippen molar-refractivity contribution in [2.75, 3.05) is 6.54 Å². The third-order valence-corrected chi connectivity index (χ3v) is 3.30. The summed E-state index contributed by atoms with van der Waals surface area (Å²) in [7, 11) is 0. The molecule has 0 unspecified atom stereocenters. The molecular weight excluding hydrogens is 331 g/mol. The average Bonchev–Trinajstić information content (AvgIpc) is 2.52. The molecule has 2 rings (SSSR count). The van der Waals surface area contributed by atoms with Crippen molar-refractivity contribution in [3.8, 4) is 0 Å².